The zero-order valence-electron chi connectivity index (χ0n) is 11.0. The van der Waals surface area contributed by atoms with E-state index in [0.717, 1.165) is 25.8 Å². The maximum absolute atomic E-state index is 12.2. The second kappa shape index (κ2) is 7.04. The Kier molecular flexibility index (Phi) is 5.38. The molecule has 0 unspecified atom stereocenters. The zero-order valence-corrected chi connectivity index (χ0v) is 14.2. The van der Waals surface area contributed by atoms with Crippen LogP contribution in [0.15, 0.2) is 51.4 Å². The molecular formula is C16H14Br2O2. The van der Waals surface area contributed by atoms with Crippen LogP contribution in [0.2, 0.25) is 0 Å². The number of ether oxygens (including phenoxy) is 1. The molecule has 0 aliphatic rings. The number of hydrogen-bond acceptors (Lipinski definition) is 2. The van der Waals surface area contributed by atoms with E-state index in [9.17, 15) is 4.79 Å². The predicted molar refractivity (Wildman–Crippen MR) is 87.3 cm³/mol. The van der Waals surface area contributed by atoms with Crippen LogP contribution >= 0.6 is 31.9 Å². The molecule has 0 aliphatic carbocycles. The highest BCUT2D eigenvalue weighted by molar-refractivity contribution is 9.10. The van der Waals surface area contributed by atoms with E-state index in [0.29, 0.717) is 12.8 Å². The van der Waals surface area contributed by atoms with E-state index < -0.39 is 0 Å². The van der Waals surface area contributed by atoms with E-state index in [4.69, 9.17) is 4.74 Å². The highest BCUT2D eigenvalue weighted by atomic mass is 79.9. The fraction of sp³-hybridized carbons (Fsp3) is 0.188. The lowest BCUT2D eigenvalue weighted by Gasteiger charge is -2.08. The van der Waals surface area contributed by atoms with Crippen LogP contribution < -0.4 is 4.74 Å². The summed E-state index contributed by atoms with van der Waals surface area (Å²) < 4.78 is 7.25. The standard InChI is InChI=1S/C16H14Br2O2/c1-20-16-7-6-14(18)9-12(16)10-15(19)8-11-2-4-13(17)5-3-11/h2-7,9H,8,10H2,1H3. The van der Waals surface area contributed by atoms with Gasteiger partial charge in [0.2, 0.25) is 0 Å². The van der Waals surface area contributed by atoms with Crippen LogP contribution in [0, 0.1) is 0 Å². The average molecular weight is 398 g/mol. The summed E-state index contributed by atoms with van der Waals surface area (Å²) in [6, 6.07) is 13.5. The van der Waals surface area contributed by atoms with Crippen molar-refractivity contribution in [1.82, 2.24) is 0 Å². The third kappa shape index (κ3) is 4.18. The fourth-order valence-electron chi connectivity index (χ4n) is 1.99. The Morgan fingerprint density at radius 1 is 1.00 bits per heavy atom. The molecule has 20 heavy (non-hydrogen) atoms. The van der Waals surface area contributed by atoms with Gasteiger partial charge in [0.1, 0.15) is 11.5 Å². The Morgan fingerprint density at radius 3 is 2.30 bits per heavy atom. The number of benzene rings is 2. The minimum absolute atomic E-state index is 0.170. The van der Waals surface area contributed by atoms with Gasteiger partial charge in [-0.1, -0.05) is 44.0 Å². The Bertz CT molecular complexity index is 606. The fourth-order valence-corrected chi connectivity index (χ4v) is 2.66. The van der Waals surface area contributed by atoms with Crippen LogP contribution in [-0.2, 0) is 17.6 Å². The van der Waals surface area contributed by atoms with Gasteiger partial charge in [-0.25, -0.2) is 0 Å². The molecule has 0 amide bonds. The molecule has 2 aromatic rings. The van der Waals surface area contributed by atoms with Crippen LogP contribution in [-0.4, -0.2) is 12.9 Å². The minimum atomic E-state index is 0.170. The molecule has 0 bridgehead atoms. The van der Waals surface area contributed by atoms with Gasteiger partial charge in [0.25, 0.3) is 0 Å². The summed E-state index contributed by atoms with van der Waals surface area (Å²) >= 11 is 6.80. The monoisotopic (exact) mass is 396 g/mol. The van der Waals surface area contributed by atoms with Crippen molar-refractivity contribution in [1.29, 1.82) is 0 Å². The third-order valence-corrected chi connectivity index (χ3v) is 3.97. The molecule has 0 N–H and O–H groups in total. The third-order valence-electron chi connectivity index (χ3n) is 2.94. The highest BCUT2D eigenvalue weighted by Gasteiger charge is 2.10. The smallest absolute Gasteiger partial charge is 0.141 e. The number of Topliss-reactive ketones (excluding diaryl/α,β-unsaturated/α-hetero) is 1. The van der Waals surface area contributed by atoms with Crippen molar-refractivity contribution < 1.29 is 9.53 Å². The summed E-state index contributed by atoms with van der Waals surface area (Å²) in [5.74, 6) is 0.918. The molecule has 2 aromatic carbocycles. The maximum Gasteiger partial charge on any atom is 0.141 e. The minimum Gasteiger partial charge on any atom is -0.496 e. The summed E-state index contributed by atoms with van der Waals surface area (Å²) in [6.07, 6.45) is 0.807. The number of methoxy groups -OCH3 is 1. The van der Waals surface area contributed by atoms with Gasteiger partial charge in [0.15, 0.2) is 0 Å². The topological polar surface area (TPSA) is 26.3 Å². The Morgan fingerprint density at radius 2 is 1.65 bits per heavy atom. The van der Waals surface area contributed by atoms with Gasteiger partial charge >= 0.3 is 0 Å². The number of carbonyl (C=O) groups excluding carboxylic acids is 1. The van der Waals surface area contributed by atoms with E-state index in [-0.39, 0.29) is 5.78 Å². The van der Waals surface area contributed by atoms with Crippen molar-refractivity contribution in [2.24, 2.45) is 0 Å². The number of hydrogen-bond donors (Lipinski definition) is 0. The second-order valence-corrected chi connectivity index (χ2v) is 6.31. The van der Waals surface area contributed by atoms with Crippen molar-refractivity contribution >= 4 is 37.6 Å². The summed E-state index contributed by atoms with van der Waals surface area (Å²) in [7, 11) is 1.62. The molecule has 0 saturated carbocycles. The van der Waals surface area contributed by atoms with Crippen molar-refractivity contribution in [3.63, 3.8) is 0 Å². The van der Waals surface area contributed by atoms with Crippen molar-refractivity contribution in [3.8, 4) is 5.75 Å². The van der Waals surface area contributed by atoms with Crippen molar-refractivity contribution in [2.75, 3.05) is 7.11 Å². The molecule has 2 rings (SSSR count). The number of ketones is 1. The van der Waals surface area contributed by atoms with Crippen molar-refractivity contribution in [2.45, 2.75) is 12.8 Å². The van der Waals surface area contributed by atoms with E-state index in [2.05, 4.69) is 31.9 Å². The summed E-state index contributed by atoms with van der Waals surface area (Å²) in [5.41, 5.74) is 1.93. The first-order valence-electron chi connectivity index (χ1n) is 6.17. The molecule has 4 heteroatoms. The van der Waals surface area contributed by atoms with E-state index in [1.54, 1.807) is 7.11 Å². The average Bonchev–Trinajstić information content (AvgIpc) is 2.41. The first kappa shape index (κ1) is 15.3. The normalized spacial score (nSPS) is 10.3. The number of rotatable bonds is 5. The zero-order chi connectivity index (χ0) is 14.5. The molecule has 0 radical (unpaired) electrons. The van der Waals surface area contributed by atoms with Crippen LogP contribution in [0.3, 0.4) is 0 Å². The quantitative estimate of drug-likeness (QED) is 0.738. The largest absolute Gasteiger partial charge is 0.496 e. The van der Waals surface area contributed by atoms with Gasteiger partial charge in [0.05, 0.1) is 7.11 Å². The Hall–Kier alpha value is -1.13. The molecule has 0 heterocycles. The van der Waals surface area contributed by atoms with Crippen molar-refractivity contribution in [3.05, 3.63) is 62.5 Å². The molecule has 2 nitrogen and oxygen atoms in total. The Labute approximate surface area is 135 Å². The first-order valence-corrected chi connectivity index (χ1v) is 7.75. The van der Waals surface area contributed by atoms with E-state index in [1.165, 1.54) is 0 Å². The van der Waals surface area contributed by atoms with Gasteiger partial charge in [-0.3, -0.25) is 4.79 Å². The molecule has 0 atom stereocenters. The van der Waals surface area contributed by atoms with Gasteiger partial charge < -0.3 is 4.74 Å². The lowest BCUT2D eigenvalue weighted by atomic mass is 10.0. The second-order valence-electron chi connectivity index (χ2n) is 4.47. The highest BCUT2D eigenvalue weighted by Crippen LogP contribution is 2.24. The van der Waals surface area contributed by atoms with Crippen LogP contribution in [0.1, 0.15) is 11.1 Å². The molecule has 0 aromatic heterocycles. The van der Waals surface area contributed by atoms with Crippen LogP contribution in [0.4, 0.5) is 0 Å². The lowest BCUT2D eigenvalue weighted by Crippen LogP contribution is -2.07. The SMILES string of the molecule is COc1ccc(Br)cc1CC(=O)Cc1ccc(Br)cc1. The predicted octanol–water partition coefficient (Wildman–Crippen LogP) is 4.57. The molecule has 0 aliphatic heterocycles. The summed E-state index contributed by atoms with van der Waals surface area (Å²) in [4.78, 5) is 12.2. The van der Waals surface area contributed by atoms with Gasteiger partial charge in [-0.15, -0.1) is 0 Å². The van der Waals surface area contributed by atoms with Gasteiger partial charge in [-0.2, -0.15) is 0 Å². The van der Waals surface area contributed by atoms with Crippen LogP contribution in [0.25, 0.3) is 0 Å². The maximum atomic E-state index is 12.2. The molecular weight excluding hydrogens is 384 g/mol. The Balaban J connectivity index is 2.08. The van der Waals surface area contributed by atoms with E-state index in [1.807, 2.05) is 42.5 Å². The molecule has 0 spiro atoms. The van der Waals surface area contributed by atoms with E-state index >= 15 is 0 Å². The molecule has 104 valence electrons. The first-order chi connectivity index (χ1) is 9.58. The lowest BCUT2D eigenvalue weighted by molar-refractivity contribution is -0.117. The van der Waals surface area contributed by atoms with Crippen LogP contribution in [0.5, 0.6) is 5.75 Å². The molecule has 0 fully saturated rings. The molecule has 0 saturated heterocycles. The summed E-state index contributed by atoms with van der Waals surface area (Å²) in [5, 5.41) is 0. The summed E-state index contributed by atoms with van der Waals surface area (Å²) in [6.45, 7) is 0. The van der Waals surface area contributed by atoms with Gasteiger partial charge in [-0.05, 0) is 35.9 Å². The number of carbonyl (C=O) groups is 1. The number of halogens is 2. The van der Waals surface area contributed by atoms with Gasteiger partial charge in [0, 0.05) is 27.4 Å².